The van der Waals surface area contributed by atoms with Crippen molar-refractivity contribution in [2.45, 2.75) is 39.5 Å². The standard InChI is InChI=1S/C13H23N3O/c1-3-6-12-10-13(16-11-15-12)14-7-5-9-17-8-4-2/h10-11H,3-9H2,1-2H3,(H,14,15,16). The van der Waals surface area contributed by atoms with Crippen LogP contribution in [0.2, 0.25) is 0 Å². The summed E-state index contributed by atoms with van der Waals surface area (Å²) in [5.74, 6) is 0.916. The molecule has 1 N–H and O–H groups in total. The number of rotatable bonds is 9. The van der Waals surface area contributed by atoms with E-state index in [1.807, 2.05) is 6.07 Å². The molecule has 1 rings (SSSR count). The zero-order valence-corrected chi connectivity index (χ0v) is 10.9. The number of anilines is 1. The SMILES string of the molecule is CCCOCCCNc1cc(CCC)ncn1. The predicted molar refractivity (Wildman–Crippen MR) is 70.2 cm³/mol. The molecule has 0 spiro atoms. The second-order valence-electron chi connectivity index (χ2n) is 4.04. The van der Waals surface area contributed by atoms with Crippen LogP contribution >= 0.6 is 0 Å². The predicted octanol–water partition coefficient (Wildman–Crippen LogP) is 2.66. The Bertz CT molecular complexity index is 304. The van der Waals surface area contributed by atoms with E-state index in [1.165, 1.54) is 0 Å². The van der Waals surface area contributed by atoms with Crippen LogP contribution in [0.4, 0.5) is 5.82 Å². The molecule has 0 aliphatic heterocycles. The molecule has 96 valence electrons. The molecule has 17 heavy (non-hydrogen) atoms. The van der Waals surface area contributed by atoms with E-state index in [1.54, 1.807) is 6.33 Å². The Labute approximate surface area is 104 Å². The Morgan fingerprint density at radius 1 is 1.18 bits per heavy atom. The largest absolute Gasteiger partial charge is 0.381 e. The molecule has 0 saturated carbocycles. The fourth-order valence-electron chi connectivity index (χ4n) is 1.52. The smallest absolute Gasteiger partial charge is 0.129 e. The Morgan fingerprint density at radius 3 is 2.82 bits per heavy atom. The van der Waals surface area contributed by atoms with Crippen molar-refractivity contribution >= 4 is 5.82 Å². The average molecular weight is 237 g/mol. The van der Waals surface area contributed by atoms with E-state index >= 15 is 0 Å². The first-order valence-electron chi connectivity index (χ1n) is 6.49. The van der Waals surface area contributed by atoms with E-state index in [0.717, 1.165) is 57.0 Å². The van der Waals surface area contributed by atoms with Crippen LogP contribution in [-0.4, -0.2) is 29.7 Å². The summed E-state index contributed by atoms with van der Waals surface area (Å²) in [5.41, 5.74) is 1.10. The maximum Gasteiger partial charge on any atom is 0.129 e. The first-order valence-corrected chi connectivity index (χ1v) is 6.49. The summed E-state index contributed by atoms with van der Waals surface area (Å²) in [7, 11) is 0. The van der Waals surface area contributed by atoms with Gasteiger partial charge in [-0.25, -0.2) is 9.97 Å². The number of ether oxygens (including phenoxy) is 1. The molecule has 0 saturated heterocycles. The fraction of sp³-hybridized carbons (Fsp3) is 0.692. The first kappa shape index (κ1) is 13.9. The molecule has 4 heteroatoms. The fourth-order valence-corrected chi connectivity index (χ4v) is 1.52. The molecule has 0 aliphatic carbocycles. The molecule has 1 heterocycles. The zero-order valence-electron chi connectivity index (χ0n) is 10.9. The molecule has 0 atom stereocenters. The maximum absolute atomic E-state index is 5.41. The van der Waals surface area contributed by atoms with Crippen LogP contribution in [0.15, 0.2) is 12.4 Å². The van der Waals surface area contributed by atoms with Gasteiger partial charge in [-0.05, 0) is 19.3 Å². The number of nitrogens with one attached hydrogen (secondary N) is 1. The van der Waals surface area contributed by atoms with Crippen molar-refractivity contribution in [3.63, 3.8) is 0 Å². The van der Waals surface area contributed by atoms with E-state index in [0.29, 0.717) is 0 Å². The highest BCUT2D eigenvalue weighted by Crippen LogP contribution is 2.05. The topological polar surface area (TPSA) is 47.0 Å². The lowest BCUT2D eigenvalue weighted by atomic mass is 10.2. The van der Waals surface area contributed by atoms with Gasteiger partial charge in [0.05, 0.1) is 0 Å². The van der Waals surface area contributed by atoms with Crippen LogP contribution in [0.1, 0.15) is 38.8 Å². The molecule has 0 radical (unpaired) electrons. The quantitative estimate of drug-likeness (QED) is 0.671. The first-order chi connectivity index (χ1) is 8.36. The lowest BCUT2D eigenvalue weighted by molar-refractivity contribution is 0.134. The number of nitrogens with zero attached hydrogens (tertiary/aromatic N) is 2. The van der Waals surface area contributed by atoms with E-state index in [9.17, 15) is 0 Å². The highest BCUT2D eigenvalue weighted by Gasteiger charge is 1.97. The highest BCUT2D eigenvalue weighted by atomic mass is 16.5. The van der Waals surface area contributed by atoms with Crippen molar-refractivity contribution in [2.24, 2.45) is 0 Å². The molecule has 0 bridgehead atoms. The van der Waals surface area contributed by atoms with Crippen molar-refractivity contribution in [3.05, 3.63) is 18.1 Å². The summed E-state index contributed by atoms with van der Waals surface area (Å²) in [6.45, 7) is 6.84. The molecule has 1 aromatic heterocycles. The van der Waals surface area contributed by atoms with Gasteiger partial charge in [-0.15, -0.1) is 0 Å². The third kappa shape index (κ3) is 6.22. The lowest BCUT2D eigenvalue weighted by Gasteiger charge is -2.06. The summed E-state index contributed by atoms with van der Waals surface area (Å²) in [6.07, 6.45) is 5.84. The van der Waals surface area contributed by atoms with E-state index in [2.05, 4.69) is 29.1 Å². The van der Waals surface area contributed by atoms with Crippen molar-refractivity contribution < 1.29 is 4.74 Å². The number of aryl methyl sites for hydroxylation is 1. The van der Waals surface area contributed by atoms with Crippen LogP contribution < -0.4 is 5.32 Å². The van der Waals surface area contributed by atoms with Crippen LogP contribution in [-0.2, 0) is 11.2 Å². The highest BCUT2D eigenvalue weighted by molar-refractivity contribution is 5.34. The van der Waals surface area contributed by atoms with E-state index < -0.39 is 0 Å². The number of aromatic nitrogens is 2. The van der Waals surface area contributed by atoms with Crippen LogP contribution in [0, 0.1) is 0 Å². The number of hydrogen-bond donors (Lipinski definition) is 1. The third-order valence-electron chi connectivity index (χ3n) is 2.35. The van der Waals surface area contributed by atoms with Crippen molar-refractivity contribution in [1.29, 1.82) is 0 Å². The zero-order chi connectivity index (χ0) is 12.3. The molecule has 0 amide bonds. The van der Waals surface area contributed by atoms with Gasteiger partial charge in [-0.1, -0.05) is 20.3 Å². The molecule has 0 aliphatic rings. The van der Waals surface area contributed by atoms with Gasteiger partial charge in [0.25, 0.3) is 0 Å². The number of hydrogen-bond acceptors (Lipinski definition) is 4. The minimum atomic E-state index is 0.813. The molecule has 0 aromatic carbocycles. The Hall–Kier alpha value is -1.16. The normalized spacial score (nSPS) is 10.5. The second kappa shape index (κ2) is 8.93. The minimum Gasteiger partial charge on any atom is -0.381 e. The maximum atomic E-state index is 5.41. The summed E-state index contributed by atoms with van der Waals surface area (Å²) < 4.78 is 5.41. The lowest BCUT2D eigenvalue weighted by Crippen LogP contribution is -2.08. The van der Waals surface area contributed by atoms with Crippen LogP contribution in [0.25, 0.3) is 0 Å². The second-order valence-corrected chi connectivity index (χ2v) is 4.04. The average Bonchev–Trinajstić information content (AvgIpc) is 2.35. The van der Waals surface area contributed by atoms with Crippen LogP contribution in [0.3, 0.4) is 0 Å². The molecule has 0 fully saturated rings. The third-order valence-corrected chi connectivity index (χ3v) is 2.35. The van der Waals surface area contributed by atoms with E-state index in [-0.39, 0.29) is 0 Å². The van der Waals surface area contributed by atoms with Crippen molar-refractivity contribution in [3.8, 4) is 0 Å². The molecule has 0 unspecified atom stereocenters. The summed E-state index contributed by atoms with van der Waals surface area (Å²) in [6, 6.07) is 2.02. The van der Waals surface area contributed by atoms with Gasteiger partial charge in [0.2, 0.25) is 0 Å². The van der Waals surface area contributed by atoms with Gasteiger partial charge in [-0.3, -0.25) is 0 Å². The van der Waals surface area contributed by atoms with Gasteiger partial charge in [0, 0.05) is 31.5 Å². The minimum absolute atomic E-state index is 0.813. The summed E-state index contributed by atoms with van der Waals surface area (Å²) in [5, 5.41) is 3.29. The van der Waals surface area contributed by atoms with Gasteiger partial charge >= 0.3 is 0 Å². The van der Waals surface area contributed by atoms with E-state index in [4.69, 9.17) is 4.74 Å². The van der Waals surface area contributed by atoms with Crippen LogP contribution in [0.5, 0.6) is 0 Å². The summed E-state index contributed by atoms with van der Waals surface area (Å²) >= 11 is 0. The monoisotopic (exact) mass is 237 g/mol. The van der Waals surface area contributed by atoms with Gasteiger partial charge < -0.3 is 10.1 Å². The van der Waals surface area contributed by atoms with Gasteiger partial charge in [-0.2, -0.15) is 0 Å². The van der Waals surface area contributed by atoms with Gasteiger partial charge in [0.1, 0.15) is 12.1 Å². The summed E-state index contributed by atoms with van der Waals surface area (Å²) in [4.78, 5) is 8.41. The molecular formula is C13H23N3O. The Kier molecular flexibility index (Phi) is 7.30. The Balaban J connectivity index is 2.19. The molecule has 1 aromatic rings. The molecular weight excluding hydrogens is 214 g/mol. The molecule has 4 nitrogen and oxygen atoms in total. The van der Waals surface area contributed by atoms with Crippen molar-refractivity contribution in [1.82, 2.24) is 9.97 Å². The van der Waals surface area contributed by atoms with Crippen molar-refractivity contribution in [2.75, 3.05) is 25.1 Å². The Morgan fingerprint density at radius 2 is 2.06 bits per heavy atom. The van der Waals surface area contributed by atoms with Gasteiger partial charge in [0.15, 0.2) is 0 Å².